The van der Waals surface area contributed by atoms with Crippen LogP contribution in [0.1, 0.15) is 24.9 Å². The van der Waals surface area contributed by atoms with Crippen LogP contribution < -0.4 is 5.32 Å². The zero-order chi connectivity index (χ0) is 12.1. The van der Waals surface area contributed by atoms with Gasteiger partial charge in [0, 0.05) is 45.1 Å². The van der Waals surface area contributed by atoms with Gasteiger partial charge >= 0.3 is 0 Å². The van der Waals surface area contributed by atoms with E-state index in [0.29, 0.717) is 12.6 Å². The molecule has 4 nitrogen and oxygen atoms in total. The number of pyridine rings is 1. The highest BCUT2D eigenvalue weighted by Crippen LogP contribution is 2.22. The molecule has 4 heteroatoms. The van der Waals surface area contributed by atoms with Crippen LogP contribution in [-0.2, 0) is 9.47 Å². The highest BCUT2D eigenvalue weighted by Gasteiger charge is 2.34. The van der Waals surface area contributed by atoms with Gasteiger partial charge in [0.25, 0.3) is 0 Å². The third-order valence-electron chi connectivity index (χ3n) is 3.44. The molecule has 0 amide bonds. The van der Waals surface area contributed by atoms with Crippen LogP contribution >= 0.6 is 0 Å². The Morgan fingerprint density at radius 3 is 2.88 bits per heavy atom. The number of aromatic nitrogens is 1. The minimum atomic E-state index is -0.151. The van der Waals surface area contributed by atoms with Crippen molar-refractivity contribution in [1.82, 2.24) is 10.3 Å². The zero-order valence-corrected chi connectivity index (χ0v) is 10.5. The maximum atomic E-state index is 5.59. The lowest BCUT2D eigenvalue weighted by molar-refractivity contribution is -0.0172. The minimum Gasteiger partial charge on any atom is -0.378 e. The highest BCUT2D eigenvalue weighted by molar-refractivity contribution is 5.14. The minimum absolute atomic E-state index is 0.151. The van der Waals surface area contributed by atoms with Gasteiger partial charge < -0.3 is 14.8 Å². The van der Waals surface area contributed by atoms with Gasteiger partial charge in [-0.05, 0) is 24.6 Å². The first-order valence-corrected chi connectivity index (χ1v) is 6.02. The van der Waals surface area contributed by atoms with Gasteiger partial charge in [0.15, 0.2) is 0 Å². The Labute approximate surface area is 102 Å². The predicted octanol–water partition coefficient (Wildman–Crippen LogP) is 1.54. The van der Waals surface area contributed by atoms with E-state index in [1.165, 1.54) is 5.56 Å². The largest absolute Gasteiger partial charge is 0.378 e. The molecule has 1 aliphatic heterocycles. The molecule has 0 aliphatic carbocycles. The van der Waals surface area contributed by atoms with Gasteiger partial charge in [0.05, 0.1) is 6.61 Å². The summed E-state index contributed by atoms with van der Waals surface area (Å²) in [5.41, 5.74) is 1.09. The molecular formula is C13H20N2O2. The van der Waals surface area contributed by atoms with Crippen LogP contribution in [0.4, 0.5) is 0 Å². The summed E-state index contributed by atoms with van der Waals surface area (Å²) in [6, 6.07) is 4.36. The van der Waals surface area contributed by atoms with E-state index in [-0.39, 0.29) is 5.60 Å². The van der Waals surface area contributed by atoms with E-state index in [1.54, 1.807) is 7.11 Å². The summed E-state index contributed by atoms with van der Waals surface area (Å²) in [6.45, 7) is 4.43. The van der Waals surface area contributed by atoms with Crippen LogP contribution in [0.15, 0.2) is 24.5 Å². The SMILES string of the molecule is COC1(CNC(C)c2ccncc2)CCOC1. The molecular weight excluding hydrogens is 216 g/mol. The van der Waals surface area contributed by atoms with Gasteiger partial charge in [0.2, 0.25) is 0 Å². The van der Waals surface area contributed by atoms with E-state index >= 15 is 0 Å². The van der Waals surface area contributed by atoms with Crippen molar-refractivity contribution in [2.45, 2.75) is 25.0 Å². The third kappa shape index (κ3) is 3.03. The Morgan fingerprint density at radius 1 is 1.53 bits per heavy atom. The molecule has 2 rings (SSSR count). The van der Waals surface area contributed by atoms with E-state index in [2.05, 4.69) is 17.2 Å². The van der Waals surface area contributed by atoms with Crippen LogP contribution in [0.2, 0.25) is 0 Å². The van der Waals surface area contributed by atoms with Crippen molar-refractivity contribution in [3.63, 3.8) is 0 Å². The van der Waals surface area contributed by atoms with E-state index in [0.717, 1.165) is 19.6 Å². The van der Waals surface area contributed by atoms with Crippen LogP contribution in [0.25, 0.3) is 0 Å². The maximum absolute atomic E-state index is 5.59. The molecule has 2 heterocycles. The summed E-state index contributed by atoms with van der Waals surface area (Å²) in [4.78, 5) is 4.02. The van der Waals surface area contributed by atoms with Gasteiger partial charge in [-0.15, -0.1) is 0 Å². The second kappa shape index (κ2) is 5.58. The lowest BCUT2D eigenvalue weighted by Gasteiger charge is -2.28. The molecule has 17 heavy (non-hydrogen) atoms. The quantitative estimate of drug-likeness (QED) is 0.842. The smallest absolute Gasteiger partial charge is 0.106 e. The first-order chi connectivity index (χ1) is 8.26. The Morgan fingerprint density at radius 2 is 2.29 bits per heavy atom. The second-order valence-corrected chi connectivity index (χ2v) is 4.57. The number of rotatable bonds is 5. The van der Waals surface area contributed by atoms with Gasteiger partial charge in [-0.3, -0.25) is 4.98 Å². The van der Waals surface area contributed by atoms with Crippen molar-refractivity contribution in [1.29, 1.82) is 0 Å². The third-order valence-corrected chi connectivity index (χ3v) is 3.44. The number of ether oxygens (including phenoxy) is 2. The van der Waals surface area contributed by atoms with Crippen molar-refractivity contribution in [2.24, 2.45) is 0 Å². The molecule has 0 spiro atoms. The normalized spacial score (nSPS) is 26.0. The Kier molecular flexibility index (Phi) is 4.10. The standard InChI is InChI=1S/C13H20N2O2/c1-11(12-3-6-14-7-4-12)15-9-13(16-2)5-8-17-10-13/h3-4,6-7,11,15H,5,8-10H2,1-2H3. The van der Waals surface area contributed by atoms with Gasteiger partial charge in [-0.1, -0.05) is 0 Å². The maximum Gasteiger partial charge on any atom is 0.106 e. The Balaban J connectivity index is 1.89. The fourth-order valence-electron chi connectivity index (χ4n) is 2.07. The molecule has 0 radical (unpaired) electrons. The number of methoxy groups -OCH3 is 1. The summed E-state index contributed by atoms with van der Waals surface area (Å²) < 4.78 is 11.0. The average molecular weight is 236 g/mol. The summed E-state index contributed by atoms with van der Waals surface area (Å²) >= 11 is 0. The van der Waals surface area contributed by atoms with Crippen molar-refractivity contribution in [2.75, 3.05) is 26.9 Å². The zero-order valence-electron chi connectivity index (χ0n) is 10.5. The van der Waals surface area contributed by atoms with Crippen LogP contribution in [-0.4, -0.2) is 37.5 Å². The summed E-state index contributed by atoms with van der Waals surface area (Å²) in [5.74, 6) is 0. The highest BCUT2D eigenvalue weighted by atomic mass is 16.5. The Hall–Kier alpha value is -0.970. The molecule has 1 fully saturated rings. The van der Waals surface area contributed by atoms with E-state index in [1.807, 2.05) is 24.5 Å². The van der Waals surface area contributed by atoms with Crippen molar-refractivity contribution in [3.8, 4) is 0 Å². The van der Waals surface area contributed by atoms with Gasteiger partial charge in [-0.25, -0.2) is 0 Å². The molecule has 94 valence electrons. The molecule has 0 aromatic carbocycles. The monoisotopic (exact) mass is 236 g/mol. The molecule has 0 bridgehead atoms. The first kappa shape index (κ1) is 12.5. The number of nitrogens with one attached hydrogen (secondary N) is 1. The van der Waals surface area contributed by atoms with Gasteiger partial charge in [0.1, 0.15) is 5.60 Å². The molecule has 2 unspecified atom stereocenters. The molecule has 1 N–H and O–H groups in total. The fourth-order valence-corrected chi connectivity index (χ4v) is 2.07. The van der Waals surface area contributed by atoms with Crippen LogP contribution in [0.3, 0.4) is 0 Å². The van der Waals surface area contributed by atoms with Crippen molar-refractivity contribution in [3.05, 3.63) is 30.1 Å². The molecule has 1 aromatic heterocycles. The number of hydrogen-bond donors (Lipinski definition) is 1. The molecule has 1 aliphatic rings. The topological polar surface area (TPSA) is 43.4 Å². The van der Waals surface area contributed by atoms with E-state index < -0.39 is 0 Å². The van der Waals surface area contributed by atoms with Crippen LogP contribution in [0, 0.1) is 0 Å². The molecule has 1 aromatic rings. The second-order valence-electron chi connectivity index (χ2n) is 4.57. The van der Waals surface area contributed by atoms with Crippen molar-refractivity contribution >= 4 is 0 Å². The van der Waals surface area contributed by atoms with Gasteiger partial charge in [-0.2, -0.15) is 0 Å². The predicted molar refractivity (Wildman–Crippen MR) is 65.8 cm³/mol. The lowest BCUT2D eigenvalue weighted by atomic mass is 10.0. The van der Waals surface area contributed by atoms with E-state index in [9.17, 15) is 0 Å². The number of nitrogens with zero attached hydrogens (tertiary/aromatic N) is 1. The fraction of sp³-hybridized carbons (Fsp3) is 0.615. The number of hydrogen-bond acceptors (Lipinski definition) is 4. The summed E-state index contributed by atoms with van der Waals surface area (Å²) in [6.07, 6.45) is 4.59. The van der Waals surface area contributed by atoms with Crippen molar-refractivity contribution < 1.29 is 9.47 Å². The first-order valence-electron chi connectivity index (χ1n) is 6.02. The van der Waals surface area contributed by atoms with E-state index in [4.69, 9.17) is 9.47 Å². The van der Waals surface area contributed by atoms with Crippen LogP contribution in [0.5, 0.6) is 0 Å². The molecule has 1 saturated heterocycles. The molecule has 2 atom stereocenters. The Bertz CT molecular complexity index is 337. The summed E-state index contributed by atoms with van der Waals surface area (Å²) in [5, 5.41) is 3.50. The average Bonchev–Trinajstić information content (AvgIpc) is 2.86. The summed E-state index contributed by atoms with van der Waals surface area (Å²) in [7, 11) is 1.76. The molecule has 0 saturated carbocycles. The lowest BCUT2D eigenvalue weighted by Crippen LogP contribution is -2.43.